The zero-order chi connectivity index (χ0) is 21.8. The molecule has 0 spiro atoms. The molecule has 0 nitrogen and oxygen atoms in total. The number of hydrogen-bond donors (Lipinski definition) is 0. The fourth-order valence-electron chi connectivity index (χ4n) is 4.42. The summed E-state index contributed by atoms with van der Waals surface area (Å²) < 4.78 is 0. The Balaban J connectivity index is 2.11. The molecule has 0 aliphatic heterocycles. The van der Waals surface area contributed by atoms with E-state index in [-0.39, 0.29) is 10.8 Å². The van der Waals surface area contributed by atoms with Crippen LogP contribution in [0, 0.1) is 0 Å². The van der Waals surface area contributed by atoms with Gasteiger partial charge in [0.05, 0.1) is 0 Å². The molecule has 158 valence electrons. The smallest absolute Gasteiger partial charge is 0.00196 e. The van der Waals surface area contributed by atoms with Gasteiger partial charge in [0.15, 0.2) is 0 Å². The molecule has 30 heavy (non-hydrogen) atoms. The third-order valence-electron chi connectivity index (χ3n) is 6.53. The highest BCUT2D eigenvalue weighted by molar-refractivity contribution is 8.01. The third-order valence-corrected chi connectivity index (χ3v) is 6.94. The van der Waals surface area contributed by atoms with Gasteiger partial charge in [0.2, 0.25) is 0 Å². The number of allylic oxidation sites excluding steroid dienone is 5. The van der Waals surface area contributed by atoms with E-state index in [0.29, 0.717) is 0 Å². The Labute approximate surface area is 188 Å². The minimum Gasteiger partial charge on any atom is -0.138 e. The SMILES string of the molecule is C/C=C(\C=C/SC)/C=C(\Cc1ccccc1)c1ccc2c(c1)C(C)(C)CCC2(C)C. The molecule has 3 rings (SSSR count). The summed E-state index contributed by atoms with van der Waals surface area (Å²) in [6, 6.07) is 18.1. The molecule has 0 saturated carbocycles. The quantitative estimate of drug-likeness (QED) is 0.425. The van der Waals surface area contributed by atoms with Crippen molar-refractivity contribution in [2.24, 2.45) is 0 Å². The zero-order valence-corrected chi connectivity index (χ0v) is 20.3. The van der Waals surface area contributed by atoms with Crippen molar-refractivity contribution in [3.05, 3.63) is 100.0 Å². The largest absolute Gasteiger partial charge is 0.138 e. The van der Waals surface area contributed by atoms with E-state index >= 15 is 0 Å². The van der Waals surface area contributed by atoms with Gasteiger partial charge in [0, 0.05) is 0 Å². The van der Waals surface area contributed by atoms with Crippen LogP contribution in [-0.4, -0.2) is 6.26 Å². The van der Waals surface area contributed by atoms with Gasteiger partial charge in [-0.05, 0) is 88.2 Å². The van der Waals surface area contributed by atoms with Crippen molar-refractivity contribution in [1.29, 1.82) is 0 Å². The maximum atomic E-state index is 2.48. The first-order valence-electron chi connectivity index (χ1n) is 11.0. The van der Waals surface area contributed by atoms with Crippen LogP contribution in [0.25, 0.3) is 5.57 Å². The fraction of sp³-hybridized carbons (Fsp3) is 0.379. The Bertz CT molecular complexity index is 955. The van der Waals surface area contributed by atoms with E-state index in [1.54, 1.807) is 11.8 Å². The van der Waals surface area contributed by atoms with Gasteiger partial charge in [0.25, 0.3) is 0 Å². The molecule has 0 heterocycles. The summed E-state index contributed by atoms with van der Waals surface area (Å²) in [5, 5.41) is 2.16. The zero-order valence-electron chi connectivity index (χ0n) is 19.5. The maximum absolute atomic E-state index is 2.48. The van der Waals surface area contributed by atoms with E-state index < -0.39 is 0 Å². The van der Waals surface area contributed by atoms with Crippen molar-refractivity contribution in [2.45, 2.75) is 64.7 Å². The molecule has 0 N–H and O–H groups in total. The van der Waals surface area contributed by atoms with Gasteiger partial charge in [-0.1, -0.05) is 88.4 Å². The molecule has 2 aromatic carbocycles. The Morgan fingerprint density at radius 3 is 2.23 bits per heavy atom. The average molecular weight is 417 g/mol. The van der Waals surface area contributed by atoms with Gasteiger partial charge < -0.3 is 0 Å². The summed E-state index contributed by atoms with van der Waals surface area (Å²) in [5.41, 5.74) is 8.86. The predicted molar refractivity (Wildman–Crippen MR) is 136 cm³/mol. The van der Waals surface area contributed by atoms with Crippen LogP contribution in [0.2, 0.25) is 0 Å². The lowest BCUT2D eigenvalue weighted by Gasteiger charge is -2.42. The molecule has 0 atom stereocenters. The van der Waals surface area contributed by atoms with Crippen LogP contribution in [-0.2, 0) is 17.3 Å². The van der Waals surface area contributed by atoms with Gasteiger partial charge >= 0.3 is 0 Å². The van der Waals surface area contributed by atoms with Gasteiger partial charge in [-0.3, -0.25) is 0 Å². The molecule has 0 unspecified atom stereocenters. The highest BCUT2D eigenvalue weighted by Gasteiger charge is 2.37. The van der Waals surface area contributed by atoms with Crippen LogP contribution in [0.1, 0.15) is 69.7 Å². The first-order chi connectivity index (χ1) is 14.3. The van der Waals surface area contributed by atoms with Gasteiger partial charge in [-0.25, -0.2) is 0 Å². The molecule has 0 aromatic heterocycles. The first-order valence-corrected chi connectivity index (χ1v) is 12.3. The van der Waals surface area contributed by atoms with Gasteiger partial charge in [-0.15, -0.1) is 11.8 Å². The van der Waals surface area contributed by atoms with E-state index in [1.165, 1.54) is 46.2 Å². The molecule has 1 aliphatic carbocycles. The minimum absolute atomic E-state index is 0.223. The molecule has 0 amide bonds. The summed E-state index contributed by atoms with van der Waals surface area (Å²) in [7, 11) is 0. The minimum atomic E-state index is 0.223. The van der Waals surface area contributed by atoms with Gasteiger partial charge in [0.1, 0.15) is 0 Å². The second-order valence-electron chi connectivity index (χ2n) is 9.69. The summed E-state index contributed by atoms with van der Waals surface area (Å²) in [6.45, 7) is 11.7. The van der Waals surface area contributed by atoms with Crippen LogP contribution < -0.4 is 0 Å². The van der Waals surface area contributed by atoms with Crippen molar-refractivity contribution >= 4 is 17.3 Å². The summed E-state index contributed by atoms with van der Waals surface area (Å²) in [6.07, 6.45) is 12.3. The number of benzene rings is 2. The van der Waals surface area contributed by atoms with Crippen molar-refractivity contribution < 1.29 is 0 Å². The molecule has 0 radical (unpaired) electrons. The molecule has 2 aromatic rings. The van der Waals surface area contributed by atoms with Crippen molar-refractivity contribution in [1.82, 2.24) is 0 Å². The fourth-order valence-corrected chi connectivity index (χ4v) is 4.71. The number of hydrogen-bond acceptors (Lipinski definition) is 1. The van der Waals surface area contributed by atoms with Crippen molar-refractivity contribution in [2.75, 3.05) is 6.26 Å². The topological polar surface area (TPSA) is 0 Å². The normalized spacial score (nSPS) is 18.5. The monoisotopic (exact) mass is 416 g/mol. The molecular formula is C29H36S. The third kappa shape index (κ3) is 5.19. The second-order valence-corrected chi connectivity index (χ2v) is 10.4. The summed E-state index contributed by atoms with van der Waals surface area (Å²) in [5.74, 6) is 0. The van der Waals surface area contributed by atoms with Crippen molar-refractivity contribution in [3.63, 3.8) is 0 Å². The maximum Gasteiger partial charge on any atom is -0.00196 e. The lowest BCUT2D eigenvalue weighted by Crippen LogP contribution is -2.33. The van der Waals surface area contributed by atoms with E-state index in [0.717, 1.165) is 6.42 Å². The molecule has 0 bridgehead atoms. The molecule has 0 saturated heterocycles. The Morgan fingerprint density at radius 2 is 1.60 bits per heavy atom. The lowest BCUT2D eigenvalue weighted by atomic mass is 9.63. The standard InChI is InChI=1S/C29H36S/c1-7-22(15-18-30-6)19-25(20-23-11-9-8-10-12-23)24-13-14-26-27(21-24)29(4,5)17-16-28(26,2)3/h7-15,18-19,21H,16-17,20H2,1-6H3/b18-15-,22-7+,25-19+. The molecule has 1 aliphatic rings. The van der Waals surface area contributed by atoms with Crippen LogP contribution >= 0.6 is 11.8 Å². The number of fused-ring (bicyclic) bond motifs is 1. The second kappa shape index (κ2) is 9.43. The molecule has 1 heteroatoms. The molecule has 0 fully saturated rings. The first kappa shape index (κ1) is 22.7. The van der Waals surface area contributed by atoms with Crippen LogP contribution in [0.5, 0.6) is 0 Å². The van der Waals surface area contributed by atoms with E-state index in [2.05, 4.69) is 113 Å². The summed E-state index contributed by atoms with van der Waals surface area (Å²) in [4.78, 5) is 0. The highest BCUT2D eigenvalue weighted by atomic mass is 32.2. The van der Waals surface area contributed by atoms with Crippen LogP contribution in [0.3, 0.4) is 0 Å². The number of thioether (sulfide) groups is 1. The van der Waals surface area contributed by atoms with E-state index in [9.17, 15) is 0 Å². The van der Waals surface area contributed by atoms with Crippen LogP contribution in [0.4, 0.5) is 0 Å². The summed E-state index contributed by atoms with van der Waals surface area (Å²) >= 11 is 1.74. The Morgan fingerprint density at radius 1 is 0.933 bits per heavy atom. The lowest BCUT2D eigenvalue weighted by molar-refractivity contribution is 0.332. The van der Waals surface area contributed by atoms with Crippen LogP contribution in [0.15, 0.2) is 77.7 Å². The Hall–Kier alpha value is -1.99. The molecular weight excluding hydrogens is 380 g/mol. The van der Waals surface area contributed by atoms with E-state index in [4.69, 9.17) is 0 Å². The van der Waals surface area contributed by atoms with Crippen molar-refractivity contribution in [3.8, 4) is 0 Å². The number of rotatable bonds is 6. The van der Waals surface area contributed by atoms with E-state index in [1.807, 2.05) is 0 Å². The predicted octanol–water partition coefficient (Wildman–Crippen LogP) is 8.48. The van der Waals surface area contributed by atoms with Gasteiger partial charge in [-0.2, -0.15) is 0 Å². The highest BCUT2D eigenvalue weighted by Crippen LogP contribution is 2.46. The Kier molecular flexibility index (Phi) is 7.14. The average Bonchev–Trinajstić information content (AvgIpc) is 2.74.